The Hall–Kier alpha value is -5.90. The maximum atomic E-state index is 13.8. The Morgan fingerprint density at radius 1 is 0.851 bits per heavy atom. The summed E-state index contributed by atoms with van der Waals surface area (Å²) in [7, 11) is 0. The van der Waals surface area contributed by atoms with Crippen molar-refractivity contribution in [3.8, 4) is 22.4 Å². The highest BCUT2D eigenvalue weighted by Gasteiger charge is 2.27. The summed E-state index contributed by atoms with van der Waals surface area (Å²) in [6.07, 6.45) is 6.65. The highest BCUT2D eigenvalue weighted by atomic mass is 19.1. The smallest absolute Gasteiger partial charge is 0.274 e. The summed E-state index contributed by atoms with van der Waals surface area (Å²) < 4.78 is 15.4. The molecule has 6 heterocycles. The van der Waals surface area contributed by atoms with Gasteiger partial charge in [0.2, 0.25) is 0 Å². The van der Waals surface area contributed by atoms with Gasteiger partial charge in [-0.15, -0.1) is 0 Å². The van der Waals surface area contributed by atoms with E-state index in [4.69, 9.17) is 5.10 Å². The second-order valence-electron chi connectivity index (χ2n) is 11.9. The van der Waals surface area contributed by atoms with Gasteiger partial charge in [-0.25, -0.2) is 13.9 Å². The molecule has 1 fully saturated rings. The van der Waals surface area contributed by atoms with Crippen LogP contribution in [0.3, 0.4) is 0 Å². The Labute approximate surface area is 269 Å². The molecule has 0 aliphatic carbocycles. The fourth-order valence-corrected chi connectivity index (χ4v) is 6.61. The average Bonchev–Trinajstić information content (AvgIpc) is 3.70. The normalized spacial score (nSPS) is 13.9. The van der Waals surface area contributed by atoms with E-state index in [2.05, 4.69) is 20.3 Å². The summed E-state index contributed by atoms with van der Waals surface area (Å²) in [5.74, 6) is -0.435. The van der Waals surface area contributed by atoms with Crippen molar-refractivity contribution in [2.24, 2.45) is 5.92 Å². The van der Waals surface area contributed by atoms with Gasteiger partial charge in [0.1, 0.15) is 17.2 Å². The lowest BCUT2D eigenvalue weighted by molar-refractivity contribution is 0.0680. The lowest BCUT2D eigenvalue weighted by atomic mass is 9.96. The number of halogens is 1. The predicted octanol–water partition coefficient (Wildman–Crippen LogP) is 6.51. The number of hydrogen-bond acceptors (Lipinski definition) is 5. The van der Waals surface area contributed by atoms with E-state index in [1.165, 1.54) is 12.1 Å². The molecule has 2 aromatic carbocycles. The maximum Gasteiger partial charge on any atom is 0.274 e. The zero-order valence-corrected chi connectivity index (χ0v) is 25.4. The Balaban J connectivity index is 0.984. The first kappa shape index (κ1) is 28.6. The standard InChI is InChI=1S/C37H30FN7O2/c38-26-10-8-25(9-11-26)33-32(24-12-17-39-18-13-24)30-6-3-7-31(45(30)43-33)36(46)41-22-23-15-20-44(21-16-23)37(47)35-34-28(14-19-40-35)27-4-1-2-5-29(27)42-34/h1-14,17-19,23,42H,15-16,20-22H2,(H,41,46). The van der Waals surface area contributed by atoms with E-state index in [-0.39, 0.29) is 23.5 Å². The molecule has 8 rings (SSSR count). The third-order valence-electron chi connectivity index (χ3n) is 9.06. The summed E-state index contributed by atoms with van der Waals surface area (Å²) >= 11 is 0. The van der Waals surface area contributed by atoms with Gasteiger partial charge in [0.05, 0.1) is 11.0 Å². The number of aromatic amines is 1. The summed E-state index contributed by atoms with van der Waals surface area (Å²) in [5, 5.41) is 10.0. The summed E-state index contributed by atoms with van der Waals surface area (Å²) in [5.41, 5.74) is 6.44. The fourth-order valence-electron chi connectivity index (χ4n) is 6.61. The van der Waals surface area contributed by atoms with Crippen molar-refractivity contribution in [2.45, 2.75) is 12.8 Å². The van der Waals surface area contributed by atoms with Crippen LogP contribution in [-0.2, 0) is 0 Å². The van der Waals surface area contributed by atoms with Gasteiger partial charge >= 0.3 is 0 Å². The van der Waals surface area contributed by atoms with Crippen LogP contribution in [0.1, 0.15) is 33.8 Å². The summed E-state index contributed by atoms with van der Waals surface area (Å²) in [6.45, 7) is 1.65. The molecule has 1 saturated heterocycles. The first-order valence-corrected chi connectivity index (χ1v) is 15.7. The van der Waals surface area contributed by atoms with E-state index >= 15 is 0 Å². The number of likely N-dealkylation sites (tertiary alicyclic amines) is 1. The molecule has 0 radical (unpaired) electrons. The van der Waals surface area contributed by atoms with Crippen LogP contribution >= 0.6 is 0 Å². The lowest BCUT2D eigenvalue weighted by Crippen LogP contribution is -2.42. The van der Waals surface area contributed by atoms with E-state index in [0.717, 1.165) is 56.9 Å². The third kappa shape index (κ3) is 5.17. The number of hydrogen-bond donors (Lipinski definition) is 2. The molecular formula is C37H30FN7O2. The van der Waals surface area contributed by atoms with Gasteiger partial charge in [0.25, 0.3) is 11.8 Å². The van der Waals surface area contributed by atoms with Crippen molar-refractivity contribution in [1.29, 1.82) is 0 Å². The predicted molar refractivity (Wildman–Crippen MR) is 178 cm³/mol. The number of piperidine rings is 1. The molecule has 0 atom stereocenters. The zero-order valence-electron chi connectivity index (χ0n) is 25.4. The molecular weight excluding hydrogens is 593 g/mol. The number of para-hydroxylation sites is 1. The maximum absolute atomic E-state index is 13.8. The molecule has 0 spiro atoms. The minimum atomic E-state index is -0.332. The van der Waals surface area contributed by atoms with Gasteiger partial charge in [0.15, 0.2) is 5.69 Å². The van der Waals surface area contributed by atoms with Crippen molar-refractivity contribution < 1.29 is 14.0 Å². The minimum absolute atomic E-state index is 0.0861. The Morgan fingerprint density at radius 3 is 2.45 bits per heavy atom. The molecule has 0 unspecified atom stereocenters. The van der Waals surface area contributed by atoms with Crippen LogP contribution < -0.4 is 5.32 Å². The SMILES string of the molecule is O=C(NCC1CCN(C(=O)c2nccc3c2[nH]c2ccccc23)CC1)c1cccc2c(-c3ccncc3)c(-c3ccc(F)cc3)nn12. The highest BCUT2D eigenvalue weighted by molar-refractivity contribution is 6.13. The minimum Gasteiger partial charge on any atom is -0.353 e. The van der Waals surface area contributed by atoms with Gasteiger partial charge in [-0.3, -0.25) is 14.6 Å². The summed E-state index contributed by atoms with van der Waals surface area (Å²) in [4.78, 5) is 41.0. The van der Waals surface area contributed by atoms with Crippen LogP contribution in [0.25, 0.3) is 49.7 Å². The van der Waals surface area contributed by atoms with Crippen LogP contribution in [-0.4, -0.2) is 60.9 Å². The van der Waals surface area contributed by atoms with E-state index in [1.807, 2.05) is 59.5 Å². The number of carbonyl (C=O) groups excluding carboxylic acids is 2. The number of benzene rings is 2. The van der Waals surface area contributed by atoms with Crippen molar-refractivity contribution in [2.75, 3.05) is 19.6 Å². The van der Waals surface area contributed by atoms with E-state index in [9.17, 15) is 14.0 Å². The first-order chi connectivity index (χ1) is 23.0. The van der Waals surface area contributed by atoms with Gasteiger partial charge in [-0.1, -0.05) is 24.3 Å². The molecule has 2 N–H and O–H groups in total. The van der Waals surface area contributed by atoms with Crippen LogP contribution in [0, 0.1) is 11.7 Å². The van der Waals surface area contributed by atoms with Crippen molar-refractivity contribution in [1.82, 2.24) is 34.8 Å². The zero-order chi connectivity index (χ0) is 31.9. The molecule has 47 heavy (non-hydrogen) atoms. The van der Waals surface area contributed by atoms with Crippen molar-refractivity contribution >= 4 is 39.1 Å². The van der Waals surface area contributed by atoms with Crippen molar-refractivity contribution in [3.05, 3.63) is 121 Å². The highest BCUT2D eigenvalue weighted by Crippen LogP contribution is 2.35. The molecule has 1 aliphatic heterocycles. The molecule has 9 nitrogen and oxygen atoms in total. The number of aromatic nitrogens is 5. The number of carbonyl (C=O) groups is 2. The lowest BCUT2D eigenvalue weighted by Gasteiger charge is -2.32. The van der Waals surface area contributed by atoms with Gasteiger partial charge < -0.3 is 15.2 Å². The van der Waals surface area contributed by atoms with Gasteiger partial charge in [-0.05, 0) is 85.0 Å². The number of pyridine rings is 3. The molecule has 1 aliphatic rings. The molecule has 2 amide bonds. The average molecular weight is 624 g/mol. The fraction of sp³-hybridized carbons (Fsp3) is 0.162. The Kier molecular flexibility index (Phi) is 7.17. The topological polar surface area (TPSA) is 108 Å². The van der Waals surface area contributed by atoms with Gasteiger partial charge in [-0.2, -0.15) is 5.10 Å². The van der Waals surface area contributed by atoms with E-state index in [0.29, 0.717) is 36.7 Å². The van der Waals surface area contributed by atoms with Crippen LogP contribution in [0.15, 0.2) is 104 Å². The monoisotopic (exact) mass is 623 g/mol. The molecule has 5 aromatic heterocycles. The van der Waals surface area contributed by atoms with Gasteiger partial charge in [0, 0.05) is 65.6 Å². The number of nitrogens with one attached hydrogen (secondary N) is 2. The molecule has 0 saturated carbocycles. The second kappa shape index (κ2) is 11.8. The summed E-state index contributed by atoms with van der Waals surface area (Å²) in [6, 6.07) is 25.4. The molecule has 7 aromatic rings. The quantitative estimate of drug-likeness (QED) is 0.220. The van der Waals surface area contributed by atoms with Crippen molar-refractivity contribution in [3.63, 3.8) is 0 Å². The van der Waals surface area contributed by atoms with Crippen LogP contribution in [0.4, 0.5) is 4.39 Å². The number of amides is 2. The second-order valence-corrected chi connectivity index (χ2v) is 11.9. The van der Waals surface area contributed by atoms with Crippen LogP contribution in [0.2, 0.25) is 0 Å². The molecule has 0 bridgehead atoms. The number of fused-ring (bicyclic) bond motifs is 4. The largest absolute Gasteiger partial charge is 0.353 e. The van der Waals surface area contributed by atoms with E-state index in [1.54, 1.807) is 41.3 Å². The van der Waals surface area contributed by atoms with E-state index < -0.39 is 0 Å². The Morgan fingerprint density at radius 2 is 1.64 bits per heavy atom. The first-order valence-electron chi connectivity index (χ1n) is 15.7. The number of rotatable bonds is 6. The van der Waals surface area contributed by atoms with Crippen LogP contribution in [0.5, 0.6) is 0 Å². The molecule has 10 heteroatoms. The molecule has 232 valence electrons. The number of H-pyrrole nitrogens is 1. The Bertz CT molecular complexity index is 2270. The third-order valence-corrected chi connectivity index (χ3v) is 9.06. The number of nitrogens with zero attached hydrogens (tertiary/aromatic N) is 5.